The molecule has 6 atom stereocenters. The van der Waals surface area contributed by atoms with E-state index in [1.807, 2.05) is 0 Å². The van der Waals surface area contributed by atoms with E-state index in [1.165, 1.54) is 0 Å². The van der Waals surface area contributed by atoms with E-state index in [0.29, 0.717) is 23.7 Å². The van der Waals surface area contributed by atoms with Crippen molar-refractivity contribution in [3.05, 3.63) is 24.3 Å². The maximum absolute atomic E-state index is 12.4. The highest BCUT2D eigenvalue weighted by Crippen LogP contribution is 2.47. The van der Waals surface area contributed by atoms with Crippen LogP contribution in [0, 0.1) is 35.5 Å². The van der Waals surface area contributed by atoms with Gasteiger partial charge in [-0.05, 0) is 49.4 Å². The van der Waals surface area contributed by atoms with Gasteiger partial charge in [0.25, 0.3) is 0 Å². The molecule has 18 heavy (non-hydrogen) atoms. The minimum Gasteiger partial charge on any atom is -0.291 e. The fourth-order valence-electron chi connectivity index (χ4n) is 4.53. The number of fused-ring (bicyclic) bond motifs is 4. The molecule has 2 fully saturated rings. The molecule has 0 spiro atoms. The van der Waals surface area contributed by atoms with E-state index in [4.69, 9.17) is 0 Å². The first-order valence-electron chi connectivity index (χ1n) is 7.17. The fourth-order valence-corrected chi connectivity index (χ4v) is 4.53. The zero-order valence-corrected chi connectivity index (χ0v) is 10.4. The van der Waals surface area contributed by atoms with E-state index in [0.717, 1.165) is 25.7 Å². The Morgan fingerprint density at radius 3 is 1.39 bits per heavy atom. The van der Waals surface area contributed by atoms with E-state index in [1.54, 1.807) is 0 Å². The van der Waals surface area contributed by atoms with Gasteiger partial charge in [0.2, 0.25) is 11.6 Å². The first-order valence-corrected chi connectivity index (χ1v) is 7.17. The lowest BCUT2D eigenvalue weighted by atomic mass is 9.80. The normalized spacial score (nSPS) is 47.1. The molecule has 0 N–H and O–H groups in total. The van der Waals surface area contributed by atoms with Gasteiger partial charge in [0.15, 0.2) is 0 Å². The molecule has 6 unspecified atom stereocenters. The van der Waals surface area contributed by atoms with Crippen molar-refractivity contribution in [2.45, 2.75) is 25.7 Å². The Kier molecular flexibility index (Phi) is 2.18. The second-order valence-electron chi connectivity index (χ2n) is 6.50. The number of carbonyl (C=O) groups excluding carboxylic acids is 2. The van der Waals surface area contributed by atoms with Gasteiger partial charge in [0.05, 0.1) is 0 Å². The van der Waals surface area contributed by atoms with Crippen LogP contribution in [0.15, 0.2) is 24.3 Å². The van der Waals surface area contributed by atoms with Crippen LogP contribution >= 0.6 is 0 Å². The van der Waals surface area contributed by atoms with Crippen LogP contribution in [0.1, 0.15) is 25.7 Å². The number of hydrogen-bond donors (Lipinski definition) is 0. The standard InChI is InChI=1S/C16H18O2/c17-15(13-7-9-1-3-11(13)5-9)16(18)14-8-10-2-4-12(14)6-10/h1-4,9-14H,5-8H2. The van der Waals surface area contributed by atoms with Gasteiger partial charge in [-0.2, -0.15) is 0 Å². The summed E-state index contributed by atoms with van der Waals surface area (Å²) >= 11 is 0. The van der Waals surface area contributed by atoms with E-state index in [-0.39, 0.29) is 23.4 Å². The summed E-state index contributed by atoms with van der Waals surface area (Å²) in [6.07, 6.45) is 12.8. The van der Waals surface area contributed by atoms with Crippen molar-refractivity contribution in [2.75, 3.05) is 0 Å². The van der Waals surface area contributed by atoms with Crippen LogP contribution in [-0.4, -0.2) is 11.6 Å². The van der Waals surface area contributed by atoms with Crippen molar-refractivity contribution in [1.82, 2.24) is 0 Å². The average Bonchev–Trinajstić information content (AvgIpc) is 3.14. The minimum atomic E-state index is -0.0576. The van der Waals surface area contributed by atoms with Crippen molar-refractivity contribution in [2.24, 2.45) is 35.5 Å². The molecule has 94 valence electrons. The topological polar surface area (TPSA) is 34.1 Å². The van der Waals surface area contributed by atoms with Crippen LogP contribution < -0.4 is 0 Å². The number of hydrogen-bond acceptors (Lipinski definition) is 2. The Morgan fingerprint density at radius 2 is 1.11 bits per heavy atom. The Bertz CT molecular complexity index is 429. The van der Waals surface area contributed by atoms with Gasteiger partial charge < -0.3 is 0 Å². The molecular formula is C16H18O2. The SMILES string of the molecule is O=C(C(=O)C1CC2C=CC1C2)C1CC2C=CC1C2. The highest BCUT2D eigenvalue weighted by molar-refractivity contribution is 6.39. The van der Waals surface area contributed by atoms with Gasteiger partial charge in [-0.15, -0.1) is 0 Å². The average molecular weight is 242 g/mol. The Labute approximate surface area is 107 Å². The van der Waals surface area contributed by atoms with Gasteiger partial charge in [-0.25, -0.2) is 0 Å². The molecule has 4 bridgehead atoms. The second-order valence-corrected chi connectivity index (χ2v) is 6.50. The molecule has 0 aromatic rings. The Hall–Kier alpha value is -1.18. The Balaban J connectivity index is 1.50. The van der Waals surface area contributed by atoms with Crippen molar-refractivity contribution in [1.29, 1.82) is 0 Å². The van der Waals surface area contributed by atoms with Crippen molar-refractivity contribution >= 4 is 11.6 Å². The van der Waals surface area contributed by atoms with Gasteiger partial charge in [0.1, 0.15) is 0 Å². The predicted octanol–water partition coefficient (Wildman–Crippen LogP) is 2.55. The highest BCUT2D eigenvalue weighted by atomic mass is 16.2. The molecule has 2 heteroatoms. The number of ketones is 2. The van der Waals surface area contributed by atoms with Crippen LogP contribution in [0.4, 0.5) is 0 Å². The maximum Gasteiger partial charge on any atom is 0.202 e. The number of rotatable bonds is 3. The molecule has 4 rings (SSSR count). The molecule has 0 aliphatic heterocycles. The van der Waals surface area contributed by atoms with Gasteiger partial charge >= 0.3 is 0 Å². The predicted molar refractivity (Wildman–Crippen MR) is 67.7 cm³/mol. The van der Waals surface area contributed by atoms with Gasteiger partial charge in [-0.3, -0.25) is 9.59 Å². The summed E-state index contributed by atoms with van der Waals surface area (Å²) in [6, 6.07) is 0. The van der Waals surface area contributed by atoms with Crippen LogP contribution in [0.2, 0.25) is 0 Å². The number of allylic oxidation sites excluding steroid dienone is 4. The Morgan fingerprint density at radius 1 is 0.667 bits per heavy atom. The molecule has 0 radical (unpaired) electrons. The number of carbonyl (C=O) groups is 2. The summed E-state index contributed by atoms with van der Waals surface area (Å²) in [5.41, 5.74) is 0. The largest absolute Gasteiger partial charge is 0.291 e. The van der Waals surface area contributed by atoms with Gasteiger partial charge in [-0.1, -0.05) is 24.3 Å². The van der Waals surface area contributed by atoms with E-state index in [9.17, 15) is 9.59 Å². The van der Waals surface area contributed by atoms with Crippen LogP contribution in [-0.2, 0) is 9.59 Å². The molecule has 0 aromatic heterocycles. The van der Waals surface area contributed by atoms with Crippen LogP contribution in [0.25, 0.3) is 0 Å². The lowest BCUT2D eigenvalue weighted by molar-refractivity contribution is -0.142. The zero-order valence-electron chi connectivity index (χ0n) is 10.4. The third kappa shape index (κ3) is 1.41. The van der Waals surface area contributed by atoms with E-state index >= 15 is 0 Å². The molecule has 2 nitrogen and oxygen atoms in total. The third-order valence-corrected chi connectivity index (χ3v) is 5.47. The molecule has 0 heterocycles. The first kappa shape index (κ1) is 10.7. The van der Waals surface area contributed by atoms with Crippen molar-refractivity contribution in [3.8, 4) is 0 Å². The fraction of sp³-hybridized carbons (Fsp3) is 0.625. The summed E-state index contributed by atoms with van der Waals surface area (Å²) in [6.45, 7) is 0. The van der Waals surface area contributed by atoms with Crippen molar-refractivity contribution < 1.29 is 9.59 Å². The summed E-state index contributed by atoms with van der Waals surface area (Å²) in [4.78, 5) is 24.8. The quantitative estimate of drug-likeness (QED) is 0.563. The first-order chi connectivity index (χ1) is 8.72. The van der Waals surface area contributed by atoms with E-state index in [2.05, 4.69) is 24.3 Å². The zero-order chi connectivity index (χ0) is 12.3. The van der Waals surface area contributed by atoms with E-state index < -0.39 is 0 Å². The molecule has 2 saturated carbocycles. The lowest BCUT2D eigenvalue weighted by Crippen LogP contribution is -2.33. The molecule has 4 aliphatic carbocycles. The summed E-state index contributed by atoms with van der Waals surface area (Å²) in [5.74, 6) is 1.76. The minimum absolute atomic E-state index is 0.00982. The molecule has 0 saturated heterocycles. The number of Topliss-reactive ketones (excluding diaryl/α,β-unsaturated/α-hetero) is 2. The summed E-state index contributed by atoms with van der Waals surface area (Å²) in [7, 11) is 0. The van der Waals surface area contributed by atoms with Crippen LogP contribution in [0.3, 0.4) is 0 Å². The molecule has 0 amide bonds. The molecule has 0 aromatic carbocycles. The lowest BCUT2D eigenvalue weighted by Gasteiger charge is -2.21. The third-order valence-electron chi connectivity index (χ3n) is 5.47. The molecule has 4 aliphatic rings. The highest BCUT2D eigenvalue weighted by Gasteiger charge is 2.47. The maximum atomic E-state index is 12.4. The smallest absolute Gasteiger partial charge is 0.202 e. The van der Waals surface area contributed by atoms with Crippen LogP contribution in [0.5, 0.6) is 0 Å². The molecular weight excluding hydrogens is 224 g/mol. The van der Waals surface area contributed by atoms with Crippen molar-refractivity contribution in [3.63, 3.8) is 0 Å². The summed E-state index contributed by atoms with van der Waals surface area (Å²) < 4.78 is 0. The van der Waals surface area contributed by atoms with Gasteiger partial charge in [0, 0.05) is 11.8 Å². The summed E-state index contributed by atoms with van der Waals surface area (Å²) in [5, 5.41) is 0. The monoisotopic (exact) mass is 242 g/mol. The second kappa shape index (κ2) is 3.66.